The highest BCUT2D eigenvalue weighted by Crippen LogP contribution is 2.57. The van der Waals surface area contributed by atoms with Crippen LogP contribution in [0.2, 0.25) is 0 Å². The molecule has 178 valence electrons. The maximum absolute atomic E-state index is 13.1. The van der Waals surface area contributed by atoms with Crippen LogP contribution < -0.4 is 0 Å². The highest BCUT2D eigenvalue weighted by atomic mass is 19.4. The third-order valence-electron chi connectivity index (χ3n) is 4.91. The molecule has 16 heteroatoms. The van der Waals surface area contributed by atoms with Gasteiger partial charge in [-0.1, -0.05) is 0 Å². The van der Waals surface area contributed by atoms with E-state index in [1.54, 1.807) is 0 Å². The molecule has 0 aromatic carbocycles. The maximum Gasteiger partial charge on any atom is 0.426 e. The quantitative estimate of drug-likeness (QED) is 0.479. The molecule has 0 radical (unpaired) electrons. The van der Waals surface area contributed by atoms with E-state index >= 15 is 0 Å². The van der Waals surface area contributed by atoms with Crippen LogP contribution in [-0.2, 0) is 9.53 Å². The van der Waals surface area contributed by atoms with Gasteiger partial charge >= 0.3 is 30.7 Å². The fourth-order valence-electron chi connectivity index (χ4n) is 3.53. The monoisotopic (exact) mass is 474 g/mol. The molecule has 0 saturated heterocycles. The average Bonchev–Trinajstić information content (AvgIpc) is 2.47. The van der Waals surface area contributed by atoms with Crippen LogP contribution in [0.1, 0.15) is 26.2 Å². The van der Waals surface area contributed by atoms with Gasteiger partial charge in [0, 0.05) is 18.8 Å². The molecule has 2 unspecified atom stereocenters. The molecule has 1 fully saturated rings. The first-order valence-corrected chi connectivity index (χ1v) is 7.89. The van der Waals surface area contributed by atoms with Crippen molar-refractivity contribution in [1.29, 1.82) is 0 Å². The van der Waals surface area contributed by atoms with Gasteiger partial charge in [0.05, 0.1) is 0 Å². The number of alkyl halides is 12. The Hall–Kier alpha value is -1.45. The number of hydrogen-bond acceptors (Lipinski definition) is 4. The fraction of sp³-hybridized carbons (Fsp3) is 0.929. The lowest BCUT2D eigenvalue weighted by Crippen LogP contribution is -2.67. The van der Waals surface area contributed by atoms with Crippen LogP contribution >= 0.6 is 0 Å². The average molecular weight is 474 g/mol. The zero-order valence-electron chi connectivity index (χ0n) is 14.6. The molecule has 0 aliphatic heterocycles. The third-order valence-corrected chi connectivity index (χ3v) is 4.91. The summed E-state index contributed by atoms with van der Waals surface area (Å²) in [5.74, 6) is -8.13. The van der Waals surface area contributed by atoms with Crippen LogP contribution in [0.3, 0.4) is 0 Å². The van der Waals surface area contributed by atoms with Crippen LogP contribution in [0.25, 0.3) is 0 Å². The molecule has 1 aliphatic carbocycles. The number of aliphatic hydroxyl groups is 2. The van der Waals surface area contributed by atoms with Crippen molar-refractivity contribution in [2.75, 3.05) is 0 Å². The largest absolute Gasteiger partial charge is 0.463 e. The standard InChI is InChI=1S/C14H14F12O4/c1-5(27)30-8-3-6(9(28,11(15,16)17)12(18,19)20)2-7(4-8)10(29,13(21,22)23)14(24,25)26/h6-8,28-29H,2-4H2,1H3. The summed E-state index contributed by atoms with van der Waals surface area (Å²) in [6, 6.07) is 0. The summed E-state index contributed by atoms with van der Waals surface area (Å²) in [6.45, 7) is 0.554. The SMILES string of the molecule is CC(=O)OC1CC(C(O)(C(F)(F)F)C(F)(F)F)CC(C(O)(C(F)(F)F)C(F)(F)F)C1. The van der Waals surface area contributed by atoms with Gasteiger partial charge in [-0.25, -0.2) is 0 Å². The normalized spacial score (nSPS) is 25.2. The van der Waals surface area contributed by atoms with E-state index in [2.05, 4.69) is 4.74 Å². The predicted molar refractivity (Wildman–Crippen MR) is 70.5 cm³/mol. The Balaban J connectivity index is 3.64. The summed E-state index contributed by atoms with van der Waals surface area (Å²) in [6.07, 6.45) is -33.9. The van der Waals surface area contributed by atoms with E-state index in [1.807, 2.05) is 0 Å². The van der Waals surface area contributed by atoms with E-state index in [-0.39, 0.29) is 0 Å². The van der Waals surface area contributed by atoms with Crippen LogP contribution in [-0.4, -0.2) is 58.2 Å². The fourth-order valence-corrected chi connectivity index (χ4v) is 3.53. The van der Waals surface area contributed by atoms with E-state index in [0.29, 0.717) is 6.92 Å². The topological polar surface area (TPSA) is 66.8 Å². The smallest absolute Gasteiger partial charge is 0.426 e. The molecule has 1 saturated carbocycles. The number of carbonyl (C=O) groups is 1. The van der Waals surface area contributed by atoms with Gasteiger partial charge in [-0.05, 0) is 19.3 Å². The van der Waals surface area contributed by atoms with Crippen molar-refractivity contribution in [3.8, 4) is 0 Å². The first-order valence-electron chi connectivity index (χ1n) is 7.89. The lowest BCUT2D eigenvalue weighted by molar-refractivity contribution is -0.405. The van der Waals surface area contributed by atoms with Crippen molar-refractivity contribution >= 4 is 5.97 Å². The second kappa shape index (κ2) is 7.60. The van der Waals surface area contributed by atoms with E-state index in [0.717, 1.165) is 0 Å². The lowest BCUT2D eigenvalue weighted by atomic mass is 9.65. The van der Waals surface area contributed by atoms with Crippen molar-refractivity contribution in [2.45, 2.75) is 68.2 Å². The number of hydrogen-bond donors (Lipinski definition) is 2. The van der Waals surface area contributed by atoms with Gasteiger partial charge in [0.1, 0.15) is 6.10 Å². The van der Waals surface area contributed by atoms with Crippen LogP contribution in [0.5, 0.6) is 0 Å². The second-order valence-electron chi connectivity index (χ2n) is 6.86. The molecule has 0 amide bonds. The molecule has 1 rings (SSSR count). The zero-order valence-corrected chi connectivity index (χ0v) is 14.6. The van der Waals surface area contributed by atoms with Gasteiger partial charge in [-0.3, -0.25) is 4.79 Å². The van der Waals surface area contributed by atoms with Gasteiger partial charge in [0.2, 0.25) is 0 Å². The molecule has 1 aliphatic rings. The molecule has 0 spiro atoms. The Bertz CT molecular complexity index is 559. The molecule has 0 aromatic rings. The van der Waals surface area contributed by atoms with Gasteiger partial charge < -0.3 is 14.9 Å². The minimum Gasteiger partial charge on any atom is -0.463 e. The number of ether oxygens (including phenoxy) is 1. The Morgan fingerprint density at radius 3 is 1.13 bits per heavy atom. The van der Waals surface area contributed by atoms with E-state index in [1.165, 1.54) is 0 Å². The van der Waals surface area contributed by atoms with Crippen molar-refractivity contribution in [3.05, 3.63) is 0 Å². The molecule has 0 bridgehead atoms. The second-order valence-corrected chi connectivity index (χ2v) is 6.86. The minimum atomic E-state index is -6.56. The summed E-state index contributed by atoms with van der Waals surface area (Å²) in [7, 11) is 0. The summed E-state index contributed by atoms with van der Waals surface area (Å²) in [5, 5.41) is 18.8. The Kier molecular flexibility index (Phi) is 6.73. The van der Waals surface area contributed by atoms with Crippen LogP contribution in [0.15, 0.2) is 0 Å². The molecule has 0 heterocycles. The number of carbonyl (C=O) groups excluding carboxylic acids is 1. The van der Waals surface area contributed by atoms with Crippen LogP contribution in [0.4, 0.5) is 52.7 Å². The van der Waals surface area contributed by atoms with Gasteiger partial charge in [-0.15, -0.1) is 0 Å². The maximum atomic E-state index is 13.1. The van der Waals surface area contributed by atoms with E-state index in [4.69, 9.17) is 0 Å². The number of rotatable bonds is 3. The Morgan fingerprint density at radius 2 is 0.933 bits per heavy atom. The zero-order chi connectivity index (χ0) is 24.1. The van der Waals surface area contributed by atoms with Crippen LogP contribution in [0, 0.1) is 11.8 Å². The van der Waals surface area contributed by atoms with Crippen molar-refractivity contribution in [1.82, 2.24) is 0 Å². The van der Waals surface area contributed by atoms with Crippen molar-refractivity contribution < 1.29 is 72.4 Å². The number of halogens is 12. The first-order chi connectivity index (χ1) is 13.0. The Morgan fingerprint density at radius 1 is 0.667 bits per heavy atom. The molecule has 2 N–H and O–H groups in total. The molecular formula is C14H14F12O4. The minimum absolute atomic E-state index is 0.554. The molecule has 4 nitrogen and oxygen atoms in total. The van der Waals surface area contributed by atoms with Gasteiger partial charge in [0.15, 0.2) is 0 Å². The first kappa shape index (κ1) is 26.6. The molecule has 2 atom stereocenters. The van der Waals surface area contributed by atoms with Crippen molar-refractivity contribution in [2.24, 2.45) is 11.8 Å². The van der Waals surface area contributed by atoms with Crippen molar-refractivity contribution in [3.63, 3.8) is 0 Å². The van der Waals surface area contributed by atoms with Gasteiger partial charge in [0.25, 0.3) is 11.2 Å². The van der Waals surface area contributed by atoms with E-state index in [9.17, 15) is 67.7 Å². The molecule has 30 heavy (non-hydrogen) atoms. The summed E-state index contributed by atoms with van der Waals surface area (Å²) >= 11 is 0. The third kappa shape index (κ3) is 4.43. The van der Waals surface area contributed by atoms with Gasteiger partial charge in [-0.2, -0.15) is 52.7 Å². The summed E-state index contributed by atoms with van der Waals surface area (Å²) in [4.78, 5) is 11.0. The number of esters is 1. The summed E-state index contributed by atoms with van der Waals surface area (Å²) < 4.78 is 161. The summed E-state index contributed by atoms with van der Waals surface area (Å²) in [5.41, 5.74) is -11.5. The van der Waals surface area contributed by atoms with E-state index < -0.39 is 79.1 Å². The molecular weight excluding hydrogens is 460 g/mol. The highest BCUT2D eigenvalue weighted by Gasteiger charge is 2.78. The lowest BCUT2D eigenvalue weighted by Gasteiger charge is -2.48. The Labute approximate surface area is 159 Å². The highest BCUT2D eigenvalue weighted by molar-refractivity contribution is 5.66. The predicted octanol–water partition coefficient (Wildman–Crippen LogP) is 4.05. The molecule has 0 aromatic heterocycles.